The van der Waals surface area contributed by atoms with E-state index in [-0.39, 0.29) is 11.3 Å². The van der Waals surface area contributed by atoms with Gasteiger partial charge in [-0.1, -0.05) is 13.3 Å². The molecule has 2 saturated heterocycles. The van der Waals surface area contributed by atoms with Crippen LogP contribution in [0.3, 0.4) is 0 Å². The van der Waals surface area contributed by atoms with Gasteiger partial charge >= 0.3 is 0 Å². The van der Waals surface area contributed by atoms with Gasteiger partial charge in [0.05, 0.1) is 5.41 Å². The molecule has 2 fully saturated rings. The van der Waals surface area contributed by atoms with E-state index in [2.05, 4.69) is 22.7 Å². The number of carbonyl (C=O) groups excluding carboxylic acids is 1. The third-order valence-electron chi connectivity index (χ3n) is 4.25. The van der Waals surface area contributed by atoms with Crippen LogP contribution in [-0.4, -0.2) is 37.1 Å². The normalized spacial score (nSPS) is 31.1. The number of hydrogen-bond acceptors (Lipinski definition) is 3. The molecular weight excluding hydrogens is 214 g/mol. The molecule has 0 saturated carbocycles. The first-order valence-corrected chi connectivity index (χ1v) is 7.04. The Morgan fingerprint density at radius 2 is 2.06 bits per heavy atom. The van der Waals surface area contributed by atoms with Crippen molar-refractivity contribution in [1.29, 1.82) is 0 Å². The Hall–Kier alpha value is -0.610. The van der Waals surface area contributed by atoms with Crippen molar-refractivity contribution in [3.8, 4) is 0 Å². The van der Waals surface area contributed by atoms with Crippen LogP contribution < -0.4 is 10.7 Å². The number of hydrazine groups is 1. The summed E-state index contributed by atoms with van der Waals surface area (Å²) in [5.41, 5.74) is 2.96. The van der Waals surface area contributed by atoms with Crippen molar-refractivity contribution >= 4 is 5.91 Å². The van der Waals surface area contributed by atoms with Crippen LogP contribution in [0.25, 0.3) is 0 Å². The van der Waals surface area contributed by atoms with Gasteiger partial charge in [0.2, 0.25) is 5.91 Å². The van der Waals surface area contributed by atoms with E-state index >= 15 is 0 Å². The Bertz CT molecular complexity index is 255. The summed E-state index contributed by atoms with van der Waals surface area (Å²) in [5, 5.41) is 5.47. The van der Waals surface area contributed by atoms with Crippen LogP contribution >= 0.6 is 0 Å². The number of rotatable bonds is 3. The highest BCUT2D eigenvalue weighted by Crippen LogP contribution is 2.30. The second-order valence-corrected chi connectivity index (χ2v) is 5.40. The molecule has 1 amide bonds. The Morgan fingerprint density at radius 1 is 1.29 bits per heavy atom. The maximum Gasteiger partial charge on any atom is 0.241 e. The van der Waals surface area contributed by atoms with Crippen molar-refractivity contribution in [2.75, 3.05) is 26.2 Å². The molecule has 1 unspecified atom stereocenters. The van der Waals surface area contributed by atoms with E-state index in [1.54, 1.807) is 0 Å². The lowest BCUT2D eigenvalue weighted by molar-refractivity contribution is -0.138. The number of carbonyl (C=O) groups is 1. The van der Waals surface area contributed by atoms with E-state index in [1.165, 1.54) is 19.3 Å². The Balaban J connectivity index is 1.91. The summed E-state index contributed by atoms with van der Waals surface area (Å²) in [6, 6.07) is 0. The van der Waals surface area contributed by atoms with Gasteiger partial charge in [-0.3, -0.25) is 10.2 Å². The molecule has 0 aromatic heterocycles. The Kier molecular flexibility index (Phi) is 4.40. The summed E-state index contributed by atoms with van der Waals surface area (Å²) >= 11 is 0. The van der Waals surface area contributed by atoms with Crippen LogP contribution in [0.15, 0.2) is 0 Å². The largest absolute Gasteiger partial charge is 0.316 e. The quantitative estimate of drug-likeness (QED) is 0.780. The first-order chi connectivity index (χ1) is 8.27. The summed E-state index contributed by atoms with van der Waals surface area (Å²) in [7, 11) is 0. The molecule has 4 nitrogen and oxygen atoms in total. The third-order valence-corrected chi connectivity index (χ3v) is 4.25. The summed E-state index contributed by atoms with van der Waals surface area (Å²) < 4.78 is 0. The second-order valence-electron chi connectivity index (χ2n) is 5.40. The molecule has 98 valence electrons. The molecule has 4 heteroatoms. The minimum atomic E-state index is -0.171. The number of nitrogens with one attached hydrogen (secondary N) is 2. The standard InChI is InChI=1S/C13H25N3O/c1-2-13(7-6-8-14-11-13)12(17)15-16-9-4-3-5-10-16/h14H,2-11H2,1H3,(H,15,17). The number of amides is 1. The Morgan fingerprint density at radius 3 is 2.65 bits per heavy atom. The number of nitrogens with zero attached hydrogens (tertiary/aromatic N) is 1. The molecule has 2 heterocycles. The highest BCUT2D eigenvalue weighted by molar-refractivity contribution is 5.82. The molecule has 0 aromatic rings. The van der Waals surface area contributed by atoms with Crippen molar-refractivity contribution in [3.63, 3.8) is 0 Å². The smallest absolute Gasteiger partial charge is 0.241 e. The fraction of sp³-hybridized carbons (Fsp3) is 0.923. The van der Waals surface area contributed by atoms with Gasteiger partial charge in [0.25, 0.3) is 0 Å². The van der Waals surface area contributed by atoms with Crippen molar-refractivity contribution in [1.82, 2.24) is 15.8 Å². The van der Waals surface area contributed by atoms with Gasteiger partial charge in [-0.15, -0.1) is 0 Å². The molecular formula is C13H25N3O. The first kappa shape index (κ1) is 12.8. The molecule has 2 aliphatic heterocycles. The fourth-order valence-electron chi connectivity index (χ4n) is 2.89. The Labute approximate surface area is 104 Å². The van der Waals surface area contributed by atoms with E-state index < -0.39 is 0 Å². The van der Waals surface area contributed by atoms with Gasteiger partial charge in [-0.2, -0.15) is 0 Å². The molecule has 0 spiro atoms. The molecule has 0 radical (unpaired) electrons. The van der Waals surface area contributed by atoms with E-state index in [0.29, 0.717) is 0 Å². The van der Waals surface area contributed by atoms with Crippen molar-refractivity contribution < 1.29 is 4.79 Å². The third kappa shape index (κ3) is 2.99. The van der Waals surface area contributed by atoms with E-state index in [0.717, 1.165) is 45.4 Å². The van der Waals surface area contributed by atoms with Crippen LogP contribution in [0.2, 0.25) is 0 Å². The predicted molar refractivity (Wildman–Crippen MR) is 68.4 cm³/mol. The van der Waals surface area contributed by atoms with Crippen molar-refractivity contribution in [3.05, 3.63) is 0 Å². The molecule has 1 atom stereocenters. The summed E-state index contributed by atoms with van der Waals surface area (Å²) in [6.45, 7) is 6.04. The molecule has 0 aliphatic carbocycles. The van der Waals surface area contributed by atoms with Gasteiger partial charge in [0.15, 0.2) is 0 Å². The van der Waals surface area contributed by atoms with Crippen LogP contribution in [0, 0.1) is 5.41 Å². The molecule has 17 heavy (non-hydrogen) atoms. The molecule has 2 N–H and O–H groups in total. The molecule has 0 bridgehead atoms. The van der Waals surface area contributed by atoms with Crippen LogP contribution in [0.5, 0.6) is 0 Å². The zero-order valence-electron chi connectivity index (χ0n) is 10.9. The highest BCUT2D eigenvalue weighted by atomic mass is 16.2. The van der Waals surface area contributed by atoms with E-state index in [9.17, 15) is 4.79 Å². The molecule has 2 rings (SSSR count). The topological polar surface area (TPSA) is 44.4 Å². The van der Waals surface area contributed by atoms with Gasteiger partial charge in [-0.25, -0.2) is 5.01 Å². The summed E-state index contributed by atoms with van der Waals surface area (Å²) in [4.78, 5) is 12.4. The van der Waals surface area contributed by atoms with Crippen LogP contribution in [-0.2, 0) is 4.79 Å². The predicted octanol–water partition coefficient (Wildman–Crippen LogP) is 1.28. The lowest BCUT2D eigenvalue weighted by Crippen LogP contribution is -2.55. The zero-order chi connectivity index (χ0) is 12.1. The SMILES string of the molecule is CCC1(C(=O)NN2CCCCC2)CCCNC1. The van der Waals surface area contributed by atoms with Crippen molar-refractivity contribution in [2.45, 2.75) is 45.4 Å². The van der Waals surface area contributed by atoms with Crippen molar-refractivity contribution in [2.24, 2.45) is 5.41 Å². The first-order valence-electron chi connectivity index (χ1n) is 7.04. The highest BCUT2D eigenvalue weighted by Gasteiger charge is 2.38. The monoisotopic (exact) mass is 239 g/mol. The van der Waals surface area contributed by atoms with Gasteiger partial charge in [-0.05, 0) is 38.6 Å². The lowest BCUT2D eigenvalue weighted by Gasteiger charge is -2.38. The molecule has 0 aromatic carbocycles. The van der Waals surface area contributed by atoms with Crippen LogP contribution in [0.1, 0.15) is 45.4 Å². The number of hydrogen-bond donors (Lipinski definition) is 2. The van der Waals surface area contributed by atoms with Gasteiger partial charge in [0.1, 0.15) is 0 Å². The van der Waals surface area contributed by atoms with Gasteiger partial charge < -0.3 is 5.32 Å². The summed E-state index contributed by atoms with van der Waals surface area (Å²) in [6.07, 6.45) is 6.78. The minimum absolute atomic E-state index is 0.171. The van der Waals surface area contributed by atoms with E-state index in [1.807, 2.05) is 0 Å². The van der Waals surface area contributed by atoms with Crippen LogP contribution in [0.4, 0.5) is 0 Å². The second kappa shape index (κ2) is 5.83. The molecule has 2 aliphatic rings. The maximum absolute atomic E-state index is 12.4. The van der Waals surface area contributed by atoms with E-state index in [4.69, 9.17) is 0 Å². The summed E-state index contributed by atoms with van der Waals surface area (Å²) in [5.74, 6) is 0.231. The number of piperidine rings is 2. The average molecular weight is 239 g/mol. The average Bonchev–Trinajstić information content (AvgIpc) is 2.40. The lowest BCUT2D eigenvalue weighted by atomic mass is 9.77. The maximum atomic E-state index is 12.4. The fourth-order valence-corrected chi connectivity index (χ4v) is 2.89. The van der Waals surface area contributed by atoms with Gasteiger partial charge in [0, 0.05) is 19.6 Å². The zero-order valence-corrected chi connectivity index (χ0v) is 10.9. The minimum Gasteiger partial charge on any atom is -0.316 e.